The molecule has 0 N–H and O–H groups in total. The van der Waals surface area contributed by atoms with Crippen molar-refractivity contribution in [3.63, 3.8) is 0 Å². The molecule has 0 aliphatic carbocycles. The number of benzene rings is 1. The number of carbonyl (C=O) groups is 1. The molecule has 1 fully saturated rings. The van der Waals surface area contributed by atoms with Gasteiger partial charge in [0.1, 0.15) is 5.75 Å². The second-order valence-corrected chi connectivity index (χ2v) is 4.52. The molecule has 0 spiro atoms. The molecule has 1 aromatic rings. The van der Waals surface area contributed by atoms with E-state index in [9.17, 15) is 4.79 Å². The highest BCUT2D eigenvalue weighted by molar-refractivity contribution is 6.30. The lowest BCUT2D eigenvalue weighted by molar-refractivity contribution is 0.00334. The van der Waals surface area contributed by atoms with Gasteiger partial charge in [-0.25, -0.2) is 0 Å². The summed E-state index contributed by atoms with van der Waals surface area (Å²) in [4.78, 5) is 14.0. The van der Waals surface area contributed by atoms with Crippen LogP contribution >= 0.6 is 11.6 Å². The normalized spacial score (nSPS) is 18.8. The van der Waals surface area contributed by atoms with Gasteiger partial charge in [0.05, 0.1) is 31.9 Å². The van der Waals surface area contributed by atoms with Crippen LogP contribution in [0.5, 0.6) is 5.75 Å². The van der Waals surface area contributed by atoms with Crippen molar-refractivity contribution in [3.05, 3.63) is 28.8 Å². The maximum atomic E-state index is 12.4. The number of nitriles is 1. The van der Waals surface area contributed by atoms with E-state index in [0.717, 1.165) is 0 Å². The van der Waals surface area contributed by atoms with Gasteiger partial charge in [0, 0.05) is 11.6 Å². The molecular weight excluding hydrogens is 268 g/mol. The highest BCUT2D eigenvalue weighted by Gasteiger charge is 2.26. The van der Waals surface area contributed by atoms with E-state index in [0.29, 0.717) is 29.5 Å². The van der Waals surface area contributed by atoms with Gasteiger partial charge in [-0.15, -0.1) is 0 Å². The zero-order valence-electron chi connectivity index (χ0n) is 10.4. The van der Waals surface area contributed by atoms with Gasteiger partial charge >= 0.3 is 0 Å². The zero-order valence-corrected chi connectivity index (χ0v) is 11.2. The number of ether oxygens (including phenoxy) is 2. The van der Waals surface area contributed by atoms with Crippen LogP contribution in [0.25, 0.3) is 0 Å². The maximum Gasteiger partial charge on any atom is 0.257 e. The van der Waals surface area contributed by atoms with Crippen molar-refractivity contribution in [2.75, 3.05) is 26.8 Å². The fourth-order valence-corrected chi connectivity index (χ4v) is 2.09. The summed E-state index contributed by atoms with van der Waals surface area (Å²) in [7, 11) is 1.49. The van der Waals surface area contributed by atoms with Crippen LogP contribution in [0.4, 0.5) is 0 Å². The molecule has 5 nitrogen and oxygen atoms in total. The van der Waals surface area contributed by atoms with Crippen LogP contribution in [0.3, 0.4) is 0 Å². The van der Waals surface area contributed by atoms with Crippen molar-refractivity contribution in [1.82, 2.24) is 4.90 Å². The molecule has 1 aliphatic heterocycles. The Morgan fingerprint density at radius 1 is 1.63 bits per heavy atom. The summed E-state index contributed by atoms with van der Waals surface area (Å²) in [6.45, 7) is 1.09. The van der Waals surface area contributed by atoms with Crippen molar-refractivity contribution in [2.45, 2.75) is 6.10 Å². The Morgan fingerprint density at radius 2 is 2.42 bits per heavy atom. The molecule has 6 heteroatoms. The molecule has 1 unspecified atom stereocenters. The Morgan fingerprint density at radius 3 is 3.11 bits per heavy atom. The van der Waals surface area contributed by atoms with Crippen molar-refractivity contribution >= 4 is 17.5 Å². The highest BCUT2D eigenvalue weighted by atomic mass is 35.5. The van der Waals surface area contributed by atoms with E-state index in [1.165, 1.54) is 7.11 Å². The van der Waals surface area contributed by atoms with E-state index in [4.69, 9.17) is 26.3 Å². The Kier molecular flexibility index (Phi) is 4.25. The molecule has 0 aromatic heterocycles. The summed E-state index contributed by atoms with van der Waals surface area (Å²) in [6, 6.07) is 6.87. The number of methoxy groups -OCH3 is 1. The van der Waals surface area contributed by atoms with Gasteiger partial charge in [0.15, 0.2) is 6.10 Å². The Labute approximate surface area is 116 Å². The molecule has 1 saturated heterocycles. The zero-order chi connectivity index (χ0) is 13.8. The number of amides is 1. The van der Waals surface area contributed by atoms with Crippen molar-refractivity contribution < 1.29 is 14.3 Å². The molecule has 1 amide bonds. The predicted molar refractivity (Wildman–Crippen MR) is 69.3 cm³/mol. The fraction of sp³-hybridized carbons (Fsp3) is 0.385. The molecule has 1 aromatic carbocycles. The highest BCUT2D eigenvalue weighted by Crippen LogP contribution is 2.25. The first-order chi connectivity index (χ1) is 9.15. The molecule has 2 rings (SSSR count). The molecule has 1 atom stereocenters. The van der Waals surface area contributed by atoms with Gasteiger partial charge in [0.25, 0.3) is 5.91 Å². The topological polar surface area (TPSA) is 62.6 Å². The number of halogens is 1. The van der Waals surface area contributed by atoms with Crippen LogP contribution in [0.15, 0.2) is 18.2 Å². The third-order valence-electron chi connectivity index (χ3n) is 2.89. The minimum atomic E-state index is -0.573. The number of nitrogens with zero attached hydrogens (tertiary/aromatic N) is 2. The first kappa shape index (κ1) is 13.7. The SMILES string of the molecule is COc1cc(Cl)ccc1C(=O)N1CCOC(C#N)C1. The van der Waals surface area contributed by atoms with Gasteiger partial charge in [0.2, 0.25) is 0 Å². The lowest BCUT2D eigenvalue weighted by Crippen LogP contribution is -2.45. The first-order valence-corrected chi connectivity index (χ1v) is 6.17. The van der Waals surface area contributed by atoms with E-state index < -0.39 is 6.10 Å². The standard InChI is InChI=1S/C13H13ClN2O3/c1-18-12-6-9(14)2-3-11(12)13(17)16-4-5-19-10(7-15)8-16/h2-3,6,10H,4-5,8H2,1H3. The van der Waals surface area contributed by atoms with E-state index in [1.807, 2.05) is 6.07 Å². The summed E-state index contributed by atoms with van der Waals surface area (Å²) >= 11 is 5.86. The molecule has 19 heavy (non-hydrogen) atoms. The number of hydrogen-bond acceptors (Lipinski definition) is 4. The summed E-state index contributed by atoms with van der Waals surface area (Å²) in [6.07, 6.45) is -0.573. The Bertz CT molecular complexity index is 527. The van der Waals surface area contributed by atoms with Crippen molar-refractivity contribution in [1.29, 1.82) is 5.26 Å². The molecule has 1 heterocycles. The third kappa shape index (κ3) is 2.98. The van der Waals surface area contributed by atoms with E-state index in [1.54, 1.807) is 23.1 Å². The minimum absolute atomic E-state index is 0.183. The Balaban J connectivity index is 2.22. The van der Waals surface area contributed by atoms with Gasteiger partial charge < -0.3 is 14.4 Å². The number of hydrogen-bond donors (Lipinski definition) is 0. The van der Waals surface area contributed by atoms with Crippen molar-refractivity contribution in [3.8, 4) is 11.8 Å². The largest absolute Gasteiger partial charge is 0.496 e. The van der Waals surface area contributed by atoms with Gasteiger partial charge in [-0.1, -0.05) is 11.6 Å². The van der Waals surface area contributed by atoms with E-state index >= 15 is 0 Å². The van der Waals surface area contributed by atoms with Gasteiger partial charge in [-0.2, -0.15) is 5.26 Å². The summed E-state index contributed by atoms with van der Waals surface area (Å²) in [5.41, 5.74) is 0.436. The van der Waals surface area contributed by atoms with Gasteiger partial charge in [-0.05, 0) is 18.2 Å². The smallest absolute Gasteiger partial charge is 0.257 e. The monoisotopic (exact) mass is 280 g/mol. The third-order valence-corrected chi connectivity index (χ3v) is 3.13. The van der Waals surface area contributed by atoms with E-state index in [2.05, 4.69) is 0 Å². The van der Waals surface area contributed by atoms with Crippen LogP contribution in [-0.2, 0) is 4.74 Å². The Hall–Kier alpha value is -1.77. The second-order valence-electron chi connectivity index (χ2n) is 4.08. The molecular formula is C13H13ClN2O3. The van der Waals surface area contributed by atoms with Gasteiger partial charge in [-0.3, -0.25) is 4.79 Å². The van der Waals surface area contributed by atoms with Crippen LogP contribution in [-0.4, -0.2) is 43.7 Å². The maximum absolute atomic E-state index is 12.4. The number of carbonyl (C=O) groups excluding carboxylic acids is 1. The lowest BCUT2D eigenvalue weighted by Gasteiger charge is -2.30. The van der Waals surface area contributed by atoms with Crippen molar-refractivity contribution in [2.24, 2.45) is 0 Å². The first-order valence-electron chi connectivity index (χ1n) is 5.79. The molecule has 0 saturated carbocycles. The number of morpholine rings is 1. The average molecular weight is 281 g/mol. The predicted octanol–water partition coefficient (Wildman–Crippen LogP) is 1.71. The average Bonchev–Trinajstić information content (AvgIpc) is 2.46. The summed E-state index contributed by atoms with van der Waals surface area (Å²) < 4.78 is 10.4. The van der Waals surface area contributed by atoms with E-state index in [-0.39, 0.29) is 12.5 Å². The molecule has 1 aliphatic rings. The molecule has 0 radical (unpaired) electrons. The minimum Gasteiger partial charge on any atom is -0.496 e. The van der Waals surface area contributed by atoms with Crippen LogP contribution in [0.2, 0.25) is 5.02 Å². The fourth-order valence-electron chi connectivity index (χ4n) is 1.92. The van der Waals surface area contributed by atoms with Crippen LogP contribution in [0, 0.1) is 11.3 Å². The molecule has 0 bridgehead atoms. The number of rotatable bonds is 2. The summed E-state index contributed by atoms with van der Waals surface area (Å²) in [5, 5.41) is 9.35. The summed E-state index contributed by atoms with van der Waals surface area (Å²) in [5.74, 6) is 0.245. The van der Waals surface area contributed by atoms with Crippen LogP contribution < -0.4 is 4.74 Å². The van der Waals surface area contributed by atoms with Crippen LogP contribution in [0.1, 0.15) is 10.4 Å². The lowest BCUT2D eigenvalue weighted by atomic mass is 10.1. The quantitative estimate of drug-likeness (QED) is 0.827. The second kappa shape index (κ2) is 5.91. The molecule has 100 valence electrons.